The normalized spacial score (nSPS) is 28.1. The van der Waals surface area contributed by atoms with Crippen molar-refractivity contribution < 1.29 is 81.6 Å². The van der Waals surface area contributed by atoms with Crippen LogP contribution < -0.4 is 15.4 Å². The molecular weight excluding hydrogens is 1130 g/mol. The lowest BCUT2D eigenvalue weighted by Crippen LogP contribution is -2.63. The molecule has 0 aromatic heterocycles. The van der Waals surface area contributed by atoms with Gasteiger partial charge < -0.3 is 43.8 Å². The van der Waals surface area contributed by atoms with E-state index in [-0.39, 0.29) is 80.0 Å². The second kappa shape index (κ2) is 28.1. The predicted molar refractivity (Wildman–Crippen MR) is 309 cm³/mol. The summed E-state index contributed by atoms with van der Waals surface area (Å²) in [6, 6.07) is 2.40. The number of imide groups is 2. The zero-order chi connectivity index (χ0) is 62.2. The van der Waals surface area contributed by atoms with E-state index in [1.165, 1.54) is 28.2 Å². The molecule has 22 nitrogen and oxygen atoms in total. The minimum Gasteiger partial charge on any atom is -0.495 e. The number of ether oxygens (including phenoxy) is 5. The molecule has 6 rings (SSSR count). The molecule has 1 aromatic carbocycles. The quantitative estimate of drug-likeness (QED) is 0.0627. The molecule has 2 unspecified atom stereocenters. The number of likely N-dealkylation sites (tertiary alicyclic amines) is 1. The van der Waals surface area contributed by atoms with Crippen molar-refractivity contribution in [1.82, 2.24) is 25.5 Å². The van der Waals surface area contributed by atoms with Crippen molar-refractivity contribution in [3.63, 3.8) is 0 Å². The Morgan fingerprint density at radius 3 is 2.33 bits per heavy atom. The van der Waals surface area contributed by atoms with Gasteiger partial charge in [0.2, 0.25) is 23.6 Å². The minimum atomic E-state index is -1.81. The van der Waals surface area contributed by atoms with Crippen molar-refractivity contribution >= 4 is 82.6 Å². The number of unbranched alkanes of at least 4 members (excludes halogenated alkanes) is 1. The van der Waals surface area contributed by atoms with E-state index >= 15 is 0 Å². The Labute approximate surface area is 501 Å². The predicted octanol–water partition coefficient (Wildman–Crippen LogP) is 6.59. The van der Waals surface area contributed by atoms with E-state index in [2.05, 4.69) is 10.6 Å². The zero-order valence-corrected chi connectivity index (χ0v) is 52.0. The van der Waals surface area contributed by atoms with Crippen molar-refractivity contribution in [2.45, 2.75) is 198 Å². The number of hydrogen-bond donors (Lipinski definition) is 3. The highest BCUT2D eigenvalue weighted by Crippen LogP contribution is 2.61. The molecule has 4 bridgehead atoms. The number of alkyl carbamates (subject to hydrolysis) is 1. The number of hydroxylamine groups is 2. The van der Waals surface area contributed by atoms with Gasteiger partial charge in [0.1, 0.15) is 24.0 Å². The molecule has 7 amide bonds. The van der Waals surface area contributed by atoms with Gasteiger partial charge in [-0.25, -0.2) is 14.4 Å². The average Bonchev–Trinajstić information content (AvgIpc) is 1.87. The maximum absolute atomic E-state index is 14.9. The lowest BCUT2D eigenvalue weighted by atomic mass is 9.82. The van der Waals surface area contributed by atoms with E-state index in [4.69, 9.17) is 40.1 Å². The molecule has 2 aliphatic carbocycles. The van der Waals surface area contributed by atoms with Gasteiger partial charge in [-0.05, 0) is 115 Å². The first kappa shape index (κ1) is 67.2. The molecule has 3 heterocycles. The van der Waals surface area contributed by atoms with Gasteiger partial charge in [0, 0.05) is 77.3 Å². The summed E-state index contributed by atoms with van der Waals surface area (Å²) in [4.78, 5) is 138. The molecule has 3 saturated heterocycles. The number of aliphatic hydroxyl groups is 1. The number of likely N-dealkylation sites (N-methyl/N-ethyl adjacent to an activating group) is 1. The summed E-state index contributed by atoms with van der Waals surface area (Å²) in [5, 5.41) is 17.2. The van der Waals surface area contributed by atoms with Gasteiger partial charge in [-0.1, -0.05) is 68.7 Å². The number of nitrogens with zero attached hydrogens (tertiary/aromatic N) is 3. The Hall–Kier alpha value is -5.88. The fraction of sp³-hybridized carbons (Fsp3) is 0.667. The van der Waals surface area contributed by atoms with Crippen molar-refractivity contribution in [2.24, 2.45) is 17.3 Å². The largest absolute Gasteiger partial charge is 0.495 e. The van der Waals surface area contributed by atoms with Crippen LogP contribution in [0.5, 0.6) is 5.75 Å². The fourth-order valence-corrected chi connectivity index (χ4v) is 12.7. The molecule has 3 aliphatic heterocycles. The Morgan fingerprint density at radius 1 is 0.976 bits per heavy atom. The van der Waals surface area contributed by atoms with Crippen molar-refractivity contribution in [2.75, 3.05) is 40.2 Å². The van der Waals surface area contributed by atoms with E-state index in [0.29, 0.717) is 61.5 Å². The number of halogens is 1. The molecule has 0 spiro atoms. The Bertz CT molecular complexity index is 2750. The molecule has 5 aliphatic rings. The van der Waals surface area contributed by atoms with Crippen LogP contribution in [0.3, 0.4) is 0 Å². The molecule has 24 heteroatoms. The molecule has 464 valence electrons. The molecular formula is C60H84ClN5O17S. The van der Waals surface area contributed by atoms with Crippen LogP contribution in [0.4, 0.5) is 4.79 Å². The van der Waals surface area contributed by atoms with Gasteiger partial charge in [0.25, 0.3) is 11.8 Å². The third kappa shape index (κ3) is 17.2. The number of ketones is 1. The summed E-state index contributed by atoms with van der Waals surface area (Å²) in [5.74, 6) is -6.27. The van der Waals surface area contributed by atoms with Crippen LogP contribution in [0.2, 0.25) is 5.02 Å². The number of hydrogen-bond acceptors (Lipinski definition) is 18. The Kier molecular flexibility index (Phi) is 22.5. The number of fused-ring (bicyclic) bond motifs is 5. The summed E-state index contributed by atoms with van der Waals surface area (Å²) >= 11 is 7.87. The highest BCUT2D eigenvalue weighted by atomic mass is 35.5. The molecule has 0 radical (unpaired) electrons. The summed E-state index contributed by atoms with van der Waals surface area (Å²) in [5.41, 5.74) is -1.56. The SMILES string of the molecule is COc1cc2cc(c1Cl)C(C)C(=O)[C@H](OC(=O)[C@H](C)N(C)C(=O)CSC1CC(=O)N(CCC(=O)NC(C)(C)CCOC(C)(C)CCCCC(=O)ON3C(=O)CCC3=O)C1=O)C[C@]1(C)C[C@H]1[C@H](C)[C@@H]1C[C@@](O)(NC(=O)O1)[C@H](OC)/C=C/C=C(\C)C2. The maximum Gasteiger partial charge on any atom is 0.409 e. The number of methoxy groups -OCH3 is 2. The monoisotopic (exact) mass is 1210 g/mol. The van der Waals surface area contributed by atoms with Crippen molar-refractivity contribution in [3.05, 3.63) is 52.1 Å². The fourth-order valence-electron chi connectivity index (χ4n) is 11.3. The van der Waals surface area contributed by atoms with Crippen molar-refractivity contribution in [3.8, 4) is 5.75 Å². The first-order chi connectivity index (χ1) is 39.3. The lowest BCUT2D eigenvalue weighted by molar-refractivity contribution is -0.197. The molecule has 84 heavy (non-hydrogen) atoms. The number of nitrogens with one attached hydrogen (secondary N) is 2. The number of Topliss-reactive ketones (excluding diaryl/α,β-unsaturated/α-hetero) is 1. The van der Waals surface area contributed by atoms with E-state index in [1.807, 2.05) is 60.6 Å². The van der Waals surface area contributed by atoms with E-state index in [0.717, 1.165) is 32.7 Å². The standard InChI is InChI=1S/C60H84ClN5O17S/c1-34-16-15-17-45(79-12)60(77)32-42(82-56(76)63-60)36(3)40-30-59(40,9)31-43(53(73)35(2)39-27-38(26-34)28-41(78-11)52(39)61)81-55(75)37(4)64(10)50(71)33-84-44-29-49(70)65(54(44)74)24-21-46(67)62-57(5,6)23-25-80-58(7,8)22-14-13-18-51(72)83-66-47(68)19-20-48(66)69/h15-17,27-28,35-37,40,42-45,77H,13-14,18-26,29-33H2,1-12H3,(H,62,67)(H,63,76)/b17-15+,34-16+/t35?,36-,37-,40-,42-,43+,44?,45+,59-,60-/m0/s1. The van der Waals surface area contributed by atoms with Gasteiger partial charge in [-0.15, -0.1) is 16.8 Å². The second-order valence-electron chi connectivity index (χ2n) is 24.6. The molecule has 1 aromatic rings. The van der Waals surface area contributed by atoms with E-state index in [9.17, 15) is 53.1 Å². The lowest BCUT2D eigenvalue weighted by Gasteiger charge is -2.42. The minimum absolute atomic E-state index is 0.0000870. The third-order valence-corrected chi connectivity index (χ3v) is 18.5. The summed E-state index contributed by atoms with van der Waals surface area (Å²) in [7, 11) is 4.32. The van der Waals surface area contributed by atoms with Crippen LogP contribution in [0.15, 0.2) is 35.9 Å². The average molecular weight is 1210 g/mol. The van der Waals surface area contributed by atoms with Crippen LogP contribution in [-0.2, 0) is 73.4 Å². The van der Waals surface area contributed by atoms with E-state index in [1.54, 1.807) is 25.1 Å². The summed E-state index contributed by atoms with van der Waals surface area (Å²) in [6.07, 6.45) is 4.35. The molecule has 3 N–H and O–H groups in total. The van der Waals surface area contributed by atoms with Crippen LogP contribution in [0.25, 0.3) is 0 Å². The van der Waals surface area contributed by atoms with Crippen molar-refractivity contribution in [1.29, 1.82) is 0 Å². The first-order valence-corrected chi connectivity index (χ1v) is 30.2. The molecule has 4 fully saturated rings. The van der Waals surface area contributed by atoms with Crippen LogP contribution in [0.1, 0.15) is 156 Å². The maximum atomic E-state index is 14.9. The topological polar surface area (TPSA) is 280 Å². The van der Waals surface area contributed by atoms with Crippen LogP contribution in [-0.4, -0.2) is 166 Å². The Balaban J connectivity index is 1.02. The van der Waals surface area contributed by atoms with Gasteiger partial charge in [0.15, 0.2) is 17.6 Å². The van der Waals surface area contributed by atoms with Crippen LogP contribution in [0, 0.1) is 17.3 Å². The van der Waals surface area contributed by atoms with Gasteiger partial charge >= 0.3 is 18.0 Å². The Morgan fingerprint density at radius 2 is 1.67 bits per heavy atom. The number of benzene rings is 1. The summed E-state index contributed by atoms with van der Waals surface area (Å²) in [6.45, 7) is 16.5. The number of carbonyl (C=O) groups is 10. The van der Waals surface area contributed by atoms with Crippen LogP contribution >= 0.6 is 23.4 Å². The highest BCUT2D eigenvalue weighted by molar-refractivity contribution is 8.01. The van der Waals surface area contributed by atoms with Gasteiger partial charge in [0.05, 0.1) is 28.7 Å². The highest BCUT2D eigenvalue weighted by Gasteiger charge is 2.59. The number of rotatable bonds is 22. The zero-order valence-electron chi connectivity index (χ0n) is 50.4. The van der Waals surface area contributed by atoms with Gasteiger partial charge in [-0.2, -0.15) is 0 Å². The second-order valence-corrected chi connectivity index (χ2v) is 26.1. The number of carbonyl (C=O) groups excluding carboxylic acids is 10. The number of amides is 7. The van der Waals surface area contributed by atoms with E-state index < -0.39 is 111 Å². The smallest absolute Gasteiger partial charge is 0.409 e. The molecule has 1 saturated carbocycles. The number of esters is 1. The third-order valence-electron chi connectivity index (χ3n) is 16.9. The summed E-state index contributed by atoms with van der Waals surface area (Å²) < 4.78 is 29.4. The van der Waals surface area contributed by atoms with Gasteiger partial charge in [-0.3, -0.25) is 43.8 Å². The first-order valence-electron chi connectivity index (χ1n) is 28.7. The molecule has 10 atom stereocenters. The number of allylic oxidation sites excluding steroid dienone is 3. The number of thioether (sulfide) groups is 1.